The van der Waals surface area contributed by atoms with Gasteiger partial charge in [0.25, 0.3) is 0 Å². The third kappa shape index (κ3) is 7.84. The molecule has 4 heteroatoms. The molecule has 0 saturated carbocycles. The van der Waals surface area contributed by atoms with Gasteiger partial charge < -0.3 is 6.92 Å². The van der Waals surface area contributed by atoms with Crippen LogP contribution in [0.1, 0.15) is 6.92 Å². The molecule has 4 rings (SSSR count). The number of hydrogen-bond donors (Lipinski definition) is 0. The Morgan fingerprint density at radius 3 is 1.33 bits per heavy atom. The van der Waals surface area contributed by atoms with Gasteiger partial charge in [-0.2, -0.15) is 42.0 Å². The maximum absolute atomic E-state index is 4.59. The molecule has 0 nitrogen and oxygen atoms in total. The molecular weight excluding hydrogens is 413 g/mol. The monoisotopic (exact) mass is 432 g/mol. The van der Waals surface area contributed by atoms with Crippen LogP contribution in [0.25, 0.3) is 21.5 Å². The molecule has 24 heavy (non-hydrogen) atoms. The Kier molecular flexibility index (Phi) is 16.6. The zero-order chi connectivity index (χ0) is 16.2. The summed E-state index contributed by atoms with van der Waals surface area (Å²) in [6, 6.07) is 29.3. The molecule has 4 aromatic carbocycles. The summed E-state index contributed by atoms with van der Waals surface area (Å²) in [5.74, 6) is 0. The fourth-order valence-corrected chi connectivity index (χ4v) is 2.14. The van der Waals surface area contributed by atoms with E-state index in [2.05, 4.69) is 96.8 Å². The minimum absolute atomic E-state index is 0. The summed E-state index contributed by atoms with van der Waals surface area (Å²) in [4.78, 5) is 4.59. The van der Waals surface area contributed by atoms with Gasteiger partial charge in [-0.25, -0.2) is 0 Å². The van der Waals surface area contributed by atoms with E-state index in [1.54, 1.807) is 6.92 Å². The zero-order valence-electron chi connectivity index (χ0n) is 13.7. The van der Waals surface area contributed by atoms with Gasteiger partial charge in [-0.05, 0) is 0 Å². The molecule has 0 heterocycles. The molecule has 0 bridgehead atoms. The van der Waals surface area contributed by atoms with Crippen molar-refractivity contribution in [3.63, 3.8) is 0 Å². The van der Waals surface area contributed by atoms with Crippen LogP contribution in [0.15, 0.2) is 84.9 Å². The summed E-state index contributed by atoms with van der Waals surface area (Å²) in [5, 5.41) is 5.32. The summed E-state index contributed by atoms with van der Waals surface area (Å²) in [5.41, 5.74) is 0. The van der Waals surface area contributed by atoms with E-state index in [4.69, 9.17) is 0 Å². The minimum atomic E-state index is 0. The molecule has 0 aliphatic rings. The van der Waals surface area contributed by atoms with Crippen molar-refractivity contribution in [1.29, 1.82) is 0 Å². The van der Waals surface area contributed by atoms with Crippen LogP contribution in [-0.4, -0.2) is 4.94 Å². The number of fused-ring (bicyclic) bond motifs is 2. The van der Waals surface area contributed by atoms with Crippen LogP contribution in [0, 0.1) is 6.92 Å². The predicted molar refractivity (Wildman–Crippen MR) is 110 cm³/mol. The molecule has 0 aromatic heterocycles. The summed E-state index contributed by atoms with van der Waals surface area (Å²) >= 11 is 1.05. The van der Waals surface area contributed by atoms with E-state index in [-0.39, 0.29) is 24.8 Å². The minimum Gasteiger partial charge on any atom is -0.346 e. The van der Waals surface area contributed by atoms with Crippen LogP contribution >= 0.6 is 24.8 Å². The van der Waals surface area contributed by atoms with E-state index >= 15 is 0 Å². The fraction of sp³-hybridized carbons (Fsp3) is 0.0500. The second kappa shape index (κ2) is 15.7. The first kappa shape index (κ1) is 25.4. The molecule has 0 N–H and O–H groups in total. The second-order valence-electron chi connectivity index (χ2n) is 4.31. The van der Waals surface area contributed by atoms with Gasteiger partial charge in [0, 0.05) is 0 Å². The standard InChI is InChI=1S/2C9H7.C2H5.B.2ClH.Zr/c2*1-2-5-9-7-3-6-8(9)4-1;1-2;;;;/h2*1-7H;1H2,2H3;;2*1H;/q3*-1;;;;. The Labute approximate surface area is 173 Å². The Balaban J connectivity index is 0. The smallest absolute Gasteiger partial charge is 0.0809 e. The summed E-state index contributed by atoms with van der Waals surface area (Å²) < 4.78 is 0. The molecule has 0 aliphatic heterocycles. The van der Waals surface area contributed by atoms with E-state index in [9.17, 15) is 0 Å². The Morgan fingerprint density at radius 1 is 0.667 bits per heavy atom. The Morgan fingerprint density at radius 2 is 1.00 bits per heavy atom. The average molecular weight is 434 g/mol. The molecule has 0 aliphatic carbocycles. The first-order chi connectivity index (χ1) is 10.9. The van der Waals surface area contributed by atoms with Gasteiger partial charge in [-0.1, -0.05) is 12.1 Å². The largest absolute Gasteiger partial charge is 0.346 e. The van der Waals surface area contributed by atoms with Crippen LogP contribution in [0.4, 0.5) is 0 Å². The summed E-state index contributed by atoms with van der Waals surface area (Å²) in [6.07, 6.45) is 0. The van der Waals surface area contributed by atoms with Gasteiger partial charge in [-0.15, -0.1) is 84.1 Å². The zero-order valence-corrected chi connectivity index (χ0v) is 17.8. The van der Waals surface area contributed by atoms with Crippen molar-refractivity contribution in [1.82, 2.24) is 0 Å². The normalized spacial score (nSPS) is 8.00. The molecule has 1 radical (unpaired) electrons. The van der Waals surface area contributed by atoms with E-state index in [0.29, 0.717) is 0 Å². The third-order valence-electron chi connectivity index (χ3n) is 3.10. The third-order valence-corrected chi connectivity index (χ3v) is 3.10. The number of rotatable bonds is 0. The molecule has 125 valence electrons. The number of halogens is 2. The van der Waals surface area contributed by atoms with Crippen LogP contribution in [0.3, 0.4) is 0 Å². The van der Waals surface area contributed by atoms with Crippen LogP contribution < -0.4 is 0 Å². The summed E-state index contributed by atoms with van der Waals surface area (Å²) in [7, 11) is 0. The molecule has 0 fully saturated rings. The SMILES string of the molecule is Cl.Cl.[B]=[Zr].[CH2-]C.c1ccc2[cH-]ccc2c1.c1ccc2[cH-]ccc2c1. The molecule has 0 atom stereocenters. The molecule has 0 spiro atoms. The predicted octanol–water partition coefficient (Wildman–Crippen LogP) is 6.42. The first-order valence-electron chi connectivity index (χ1n) is 7.14. The molecule has 0 unspecified atom stereocenters. The van der Waals surface area contributed by atoms with Crippen LogP contribution in [0.5, 0.6) is 0 Å². The van der Waals surface area contributed by atoms with Crippen molar-refractivity contribution >= 4 is 51.3 Å². The maximum atomic E-state index is 4.59. The van der Waals surface area contributed by atoms with E-state index in [0.717, 1.165) is 24.0 Å². The topological polar surface area (TPSA) is 0 Å². The van der Waals surface area contributed by atoms with E-state index in [1.807, 2.05) is 0 Å². The van der Waals surface area contributed by atoms with Crippen molar-refractivity contribution in [2.45, 2.75) is 6.92 Å². The fourth-order valence-electron chi connectivity index (χ4n) is 2.14. The number of benzene rings is 2. The number of hydrogen-bond acceptors (Lipinski definition) is 0. The maximum Gasteiger partial charge on any atom is -0.0809 e. The molecule has 4 aromatic rings. The van der Waals surface area contributed by atoms with Crippen molar-refractivity contribution in [3.8, 4) is 0 Å². The quantitative estimate of drug-likeness (QED) is 0.221. The summed E-state index contributed by atoms with van der Waals surface area (Å²) in [6.45, 7) is 5.00. The van der Waals surface area contributed by atoms with Gasteiger partial charge in [0.15, 0.2) is 0 Å². The molecule has 0 amide bonds. The van der Waals surface area contributed by atoms with Crippen molar-refractivity contribution in [3.05, 3.63) is 91.9 Å². The first-order valence-corrected chi connectivity index (χ1v) is 8.56. The van der Waals surface area contributed by atoms with Gasteiger partial charge in [-0.3, -0.25) is 0 Å². The molecular formula is C20H21BCl2Zr-3. The van der Waals surface area contributed by atoms with Gasteiger partial charge in [0.1, 0.15) is 0 Å². The van der Waals surface area contributed by atoms with Crippen molar-refractivity contribution < 1.29 is 24.0 Å². The second-order valence-corrected chi connectivity index (χ2v) is 4.31. The van der Waals surface area contributed by atoms with Crippen LogP contribution in [-0.2, 0) is 24.0 Å². The molecule has 0 saturated heterocycles. The van der Waals surface area contributed by atoms with Gasteiger partial charge >= 0.3 is 28.9 Å². The Hall–Kier alpha value is -0.812. The average Bonchev–Trinajstić information content (AvgIpc) is 3.28. The van der Waals surface area contributed by atoms with Crippen molar-refractivity contribution in [2.24, 2.45) is 0 Å². The van der Waals surface area contributed by atoms with Crippen LogP contribution in [0.2, 0.25) is 0 Å². The van der Waals surface area contributed by atoms with Crippen molar-refractivity contribution in [2.75, 3.05) is 0 Å². The van der Waals surface area contributed by atoms with Gasteiger partial charge in [0.2, 0.25) is 0 Å². The van der Waals surface area contributed by atoms with E-state index in [1.165, 1.54) is 21.5 Å². The van der Waals surface area contributed by atoms with E-state index < -0.39 is 0 Å². The Bertz CT molecular complexity index is 651. The van der Waals surface area contributed by atoms with Gasteiger partial charge in [0.05, 0.1) is 0 Å².